The first-order valence-corrected chi connectivity index (χ1v) is 5.67. The molecule has 1 fully saturated rings. The molecule has 0 bridgehead atoms. The average molecular weight is 203 g/mol. The van der Waals surface area contributed by atoms with Crippen LogP contribution in [0.3, 0.4) is 0 Å². The van der Waals surface area contributed by atoms with E-state index in [9.17, 15) is 4.79 Å². The number of aldehydes is 1. The maximum absolute atomic E-state index is 10.9. The first-order chi connectivity index (χ1) is 7.40. The maximum atomic E-state index is 10.9. The second-order valence-corrected chi connectivity index (χ2v) is 4.12. The van der Waals surface area contributed by atoms with Gasteiger partial charge in [-0.05, 0) is 31.3 Å². The Balaban J connectivity index is 2.08. The van der Waals surface area contributed by atoms with Crippen molar-refractivity contribution in [3.63, 3.8) is 0 Å². The molecule has 1 saturated heterocycles. The van der Waals surface area contributed by atoms with Crippen molar-refractivity contribution in [1.29, 1.82) is 0 Å². The van der Waals surface area contributed by atoms with Crippen molar-refractivity contribution in [2.75, 3.05) is 13.1 Å². The van der Waals surface area contributed by atoms with E-state index >= 15 is 0 Å². The molecule has 0 spiro atoms. The third-order valence-corrected chi connectivity index (χ3v) is 2.98. The highest BCUT2D eigenvalue weighted by atomic mass is 16.1. The summed E-state index contributed by atoms with van der Waals surface area (Å²) in [5.41, 5.74) is 2.00. The van der Waals surface area contributed by atoms with Crippen LogP contribution in [0.15, 0.2) is 35.6 Å². The monoisotopic (exact) mass is 203 g/mol. The predicted molar refractivity (Wildman–Crippen MR) is 61.4 cm³/mol. The molecule has 1 heterocycles. The van der Waals surface area contributed by atoms with Gasteiger partial charge in [-0.25, -0.2) is 0 Å². The molecule has 2 nitrogen and oxygen atoms in total. The van der Waals surface area contributed by atoms with E-state index in [1.54, 1.807) is 0 Å². The zero-order valence-corrected chi connectivity index (χ0v) is 8.98. The quantitative estimate of drug-likeness (QED) is 0.642. The summed E-state index contributed by atoms with van der Waals surface area (Å²) in [6, 6.07) is 0. The van der Waals surface area contributed by atoms with Crippen LogP contribution in [-0.4, -0.2) is 24.3 Å². The largest absolute Gasteiger partial charge is 0.377 e. The molecule has 80 valence electrons. The minimum atomic E-state index is 0.836. The summed E-state index contributed by atoms with van der Waals surface area (Å²) < 4.78 is 0. The number of nitrogens with zero attached hydrogens (tertiary/aromatic N) is 1. The Morgan fingerprint density at radius 2 is 2.00 bits per heavy atom. The van der Waals surface area contributed by atoms with Crippen molar-refractivity contribution in [2.45, 2.75) is 25.7 Å². The van der Waals surface area contributed by atoms with Gasteiger partial charge in [0.1, 0.15) is 6.29 Å². The van der Waals surface area contributed by atoms with Crippen molar-refractivity contribution >= 4 is 6.29 Å². The van der Waals surface area contributed by atoms with Gasteiger partial charge < -0.3 is 4.90 Å². The average Bonchev–Trinajstić information content (AvgIpc) is 2.31. The van der Waals surface area contributed by atoms with Crippen molar-refractivity contribution in [2.24, 2.45) is 0 Å². The summed E-state index contributed by atoms with van der Waals surface area (Å²) in [6.07, 6.45) is 13.9. The van der Waals surface area contributed by atoms with Gasteiger partial charge in [-0.2, -0.15) is 0 Å². The zero-order chi connectivity index (χ0) is 10.5. The fraction of sp³-hybridized carbons (Fsp3) is 0.462. The molecular formula is C13H17NO. The minimum Gasteiger partial charge on any atom is -0.377 e. The van der Waals surface area contributed by atoms with Crippen molar-refractivity contribution in [3.05, 3.63) is 35.6 Å². The van der Waals surface area contributed by atoms with Crippen LogP contribution >= 0.6 is 0 Å². The molecule has 0 unspecified atom stereocenters. The van der Waals surface area contributed by atoms with Crippen LogP contribution in [-0.2, 0) is 4.79 Å². The Bertz CT molecular complexity index is 319. The highest BCUT2D eigenvalue weighted by Crippen LogP contribution is 2.20. The third-order valence-electron chi connectivity index (χ3n) is 2.98. The van der Waals surface area contributed by atoms with Crippen LogP contribution in [0.4, 0.5) is 0 Å². The van der Waals surface area contributed by atoms with Gasteiger partial charge in [0.2, 0.25) is 0 Å². The highest BCUT2D eigenvalue weighted by Gasteiger charge is 2.10. The van der Waals surface area contributed by atoms with Gasteiger partial charge >= 0.3 is 0 Å². The lowest BCUT2D eigenvalue weighted by atomic mass is 9.99. The summed E-state index contributed by atoms with van der Waals surface area (Å²) in [6.45, 7) is 2.28. The van der Waals surface area contributed by atoms with Crippen LogP contribution in [0.25, 0.3) is 0 Å². The van der Waals surface area contributed by atoms with E-state index in [0.717, 1.165) is 36.9 Å². The number of carbonyl (C=O) groups is 1. The topological polar surface area (TPSA) is 20.3 Å². The molecule has 0 aromatic carbocycles. The maximum Gasteiger partial charge on any atom is 0.150 e. The van der Waals surface area contributed by atoms with E-state index in [4.69, 9.17) is 0 Å². The lowest BCUT2D eigenvalue weighted by Gasteiger charge is -2.26. The number of hydrogen-bond acceptors (Lipinski definition) is 2. The summed E-state index contributed by atoms with van der Waals surface area (Å²) in [5.74, 6) is 0. The Kier molecular flexibility index (Phi) is 3.38. The van der Waals surface area contributed by atoms with E-state index in [1.165, 1.54) is 19.3 Å². The van der Waals surface area contributed by atoms with Gasteiger partial charge in [0, 0.05) is 24.9 Å². The molecule has 0 aromatic heterocycles. The fourth-order valence-electron chi connectivity index (χ4n) is 2.10. The molecule has 1 aliphatic heterocycles. The van der Waals surface area contributed by atoms with Crippen LogP contribution in [0, 0.1) is 0 Å². The van der Waals surface area contributed by atoms with Crippen LogP contribution in [0.2, 0.25) is 0 Å². The summed E-state index contributed by atoms with van der Waals surface area (Å²) in [4.78, 5) is 13.2. The molecular weight excluding hydrogens is 186 g/mol. The lowest BCUT2D eigenvalue weighted by molar-refractivity contribution is -0.104. The van der Waals surface area contributed by atoms with E-state index in [0.29, 0.717) is 0 Å². The first-order valence-electron chi connectivity index (χ1n) is 5.67. The van der Waals surface area contributed by atoms with Crippen molar-refractivity contribution in [3.8, 4) is 0 Å². The van der Waals surface area contributed by atoms with Crippen LogP contribution in [0.1, 0.15) is 25.7 Å². The third kappa shape index (κ3) is 2.58. The Morgan fingerprint density at radius 1 is 1.20 bits per heavy atom. The van der Waals surface area contributed by atoms with Gasteiger partial charge in [-0.1, -0.05) is 18.2 Å². The number of piperidine rings is 1. The Hall–Kier alpha value is -1.31. The molecule has 0 saturated carbocycles. The fourth-order valence-corrected chi connectivity index (χ4v) is 2.10. The number of likely N-dealkylation sites (tertiary alicyclic amines) is 1. The number of carbonyl (C=O) groups excluding carboxylic acids is 1. The molecule has 0 radical (unpaired) electrons. The highest BCUT2D eigenvalue weighted by molar-refractivity contribution is 5.81. The van der Waals surface area contributed by atoms with Gasteiger partial charge in [-0.3, -0.25) is 4.79 Å². The summed E-state index contributed by atoms with van der Waals surface area (Å²) in [7, 11) is 0. The van der Waals surface area contributed by atoms with E-state index in [2.05, 4.69) is 17.2 Å². The first kappa shape index (κ1) is 10.2. The second kappa shape index (κ2) is 4.96. The molecule has 0 aromatic rings. The number of rotatable bonds is 2. The van der Waals surface area contributed by atoms with Gasteiger partial charge in [-0.15, -0.1) is 0 Å². The van der Waals surface area contributed by atoms with Crippen molar-refractivity contribution < 1.29 is 4.79 Å². The molecule has 0 atom stereocenters. The van der Waals surface area contributed by atoms with Gasteiger partial charge in [0.05, 0.1) is 0 Å². The van der Waals surface area contributed by atoms with Crippen LogP contribution < -0.4 is 0 Å². The van der Waals surface area contributed by atoms with Gasteiger partial charge in [0.25, 0.3) is 0 Å². The Morgan fingerprint density at radius 3 is 2.73 bits per heavy atom. The predicted octanol–water partition coefficient (Wildman–Crippen LogP) is 2.44. The number of hydrogen-bond donors (Lipinski definition) is 0. The SMILES string of the molecule is O=CC1=CC=CCC1=CN1CCCCC1. The molecule has 0 amide bonds. The van der Waals surface area contributed by atoms with E-state index in [-0.39, 0.29) is 0 Å². The Labute approximate surface area is 91.0 Å². The summed E-state index contributed by atoms with van der Waals surface area (Å²) in [5, 5.41) is 0. The van der Waals surface area contributed by atoms with Crippen LogP contribution in [0.5, 0.6) is 0 Å². The smallest absolute Gasteiger partial charge is 0.150 e. The van der Waals surface area contributed by atoms with E-state index < -0.39 is 0 Å². The molecule has 2 heteroatoms. The normalized spacial score (nSPS) is 24.1. The zero-order valence-electron chi connectivity index (χ0n) is 8.98. The van der Waals surface area contributed by atoms with Gasteiger partial charge in [0.15, 0.2) is 0 Å². The minimum absolute atomic E-state index is 0.836. The molecule has 2 rings (SSSR count). The standard InChI is InChI=1S/C13H17NO/c15-11-13-7-3-2-6-12(13)10-14-8-4-1-5-9-14/h2-3,7,10-11H,1,4-6,8-9H2. The molecule has 1 aliphatic carbocycles. The lowest BCUT2D eigenvalue weighted by Crippen LogP contribution is -2.25. The molecule has 2 aliphatic rings. The van der Waals surface area contributed by atoms with Crippen molar-refractivity contribution in [1.82, 2.24) is 4.90 Å². The van der Waals surface area contributed by atoms with E-state index in [1.807, 2.05) is 12.2 Å². The summed E-state index contributed by atoms with van der Waals surface area (Å²) >= 11 is 0. The molecule has 15 heavy (non-hydrogen) atoms. The second-order valence-electron chi connectivity index (χ2n) is 4.12. The number of allylic oxidation sites excluding steroid dienone is 5. The molecule has 0 N–H and O–H groups in total.